The Morgan fingerprint density at radius 1 is 1.50 bits per heavy atom. The lowest BCUT2D eigenvalue weighted by Crippen LogP contribution is -2.20. The van der Waals surface area contributed by atoms with Gasteiger partial charge in [-0.25, -0.2) is 0 Å². The van der Waals surface area contributed by atoms with Crippen LogP contribution in [0.5, 0.6) is 0 Å². The highest BCUT2D eigenvalue weighted by atomic mass is 16.5. The number of rotatable bonds is 1. The summed E-state index contributed by atoms with van der Waals surface area (Å²) in [5.74, 6) is 0. The van der Waals surface area contributed by atoms with E-state index >= 15 is 0 Å². The Labute approximate surface area is 75.1 Å². The molecule has 68 valence electrons. The first-order chi connectivity index (χ1) is 5.55. The summed E-state index contributed by atoms with van der Waals surface area (Å²) in [7, 11) is 1.78. The van der Waals surface area contributed by atoms with E-state index in [9.17, 15) is 0 Å². The van der Waals surface area contributed by atoms with Crippen LogP contribution in [0.1, 0.15) is 27.2 Å². The largest absolute Gasteiger partial charge is 0.377 e. The molecule has 0 aromatic heterocycles. The van der Waals surface area contributed by atoms with E-state index < -0.39 is 0 Å². The molecule has 1 heteroatoms. The van der Waals surface area contributed by atoms with Crippen molar-refractivity contribution in [1.29, 1.82) is 0 Å². The standard InChI is InChI=1S/C11H18O/c1-9-6-5-7-11(2,3)8-10(9)12-4/h5-7,10H,8H2,1-4H3. The van der Waals surface area contributed by atoms with Crippen molar-refractivity contribution in [3.05, 3.63) is 23.8 Å². The van der Waals surface area contributed by atoms with Crippen molar-refractivity contribution in [1.82, 2.24) is 0 Å². The van der Waals surface area contributed by atoms with E-state index in [1.54, 1.807) is 7.11 Å². The summed E-state index contributed by atoms with van der Waals surface area (Å²) in [5.41, 5.74) is 1.58. The molecule has 1 aliphatic rings. The first-order valence-electron chi connectivity index (χ1n) is 4.44. The second-order valence-electron chi connectivity index (χ2n) is 4.19. The number of ether oxygens (including phenoxy) is 1. The first-order valence-corrected chi connectivity index (χ1v) is 4.44. The Morgan fingerprint density at radius 2 is 2.17 bits per heavy atom. The molecule has 12 heavy (non-hydrogen) atoms. The molecule has 0 aromatic rings. The van der Waals surface area contributed by atoms with Crippen molar-refractivity contribution in [2.24, 2.45) is 5.41 Å². The van der Waals surface area contributed by atoms with Gasteiger partial charge in [-0.2, -0.15) is 0 Å². The normalized spacial score (nSPS) is 28.0. The number of hydrogen-bond donors (Lipinski definition) is 0. The predicted octanol–water partition coefficient (Wildman–Crippen LogP) is 2.93. The van der Waals surface area contributed by atoms with Crippen LogP contribution in [0.25, 0.3) is 0 Å². The van der Waals surface area contributed by atoms with Crippen molar-refractivity contribution in [3.8, 4) is 0 Å². The Kier molecular flexibility index (Phi) is 2.73. The van der Waals surface area contributed by atoms with Gasteiger partial charge in [-0.3, -0.25) is 0 Å². The Morgan fingerprint density at radius 3 is 2.75 bits per heavy atom. The highest BCUT2D eigenvalue weighted by Gasteiger charge is 2.23. The molecular weight excluding hydrogens is 148 g/mol. The molecule has 0 bridgehead atoms. The van der Waals surface area contributed by atoms with Gasteiger partial charge in [0.1, 0.15) is 0 Å². The number of hydrogen-bond acceptors (Lipinski definition) is 1. The zero-order valence-corrected chi connectivity index (χ0v) is 8.42. The van der Waals surface area contributed by atoms with Crippen LogP contribution in [-0.4, -0.2) is 13.2 Å². The number of allylic oxidation sites excluding steroid dienone is 3. The first kappa shape index (κ1) is 9.53. The fourth-order valence-electron chi connectivity index (χ4n) is 1.54. The lowest BCUT2D eigenvalue weighted by Gasteiger charge is -2.24. The summed E-state index contributed by atoms with van der Waals surface area (Å²) in [6.07, 6.45) is 7.88. The van der Waals surface area contributed by atoms with E-state index in [1.807, 2.05) is 0 Å². The fraction of sp³-hybridized carbons (Fsp3) is 0.636. The molecule has 0 radical (unpaired) electrons. The van der Waals surface area contributed by atoms with Crippen LogP contribution >= 0.6 is 0 Å². The van der Waals surface area contributed by atoms with Crippen LogP contribution in [0, 0.1) is 5.41 Å². The summed E-state index contributed by atoms with van der Waals surface area (Å²) >= 11 is 0. The van der Waals surface area contributed by atoms with Gasteiger partial charge in [0.05, 0.1) is 6.10 Å². The lowest BCUT2D eigenvalue weighted by molar-refractivity contribution is 0.101. The third kappa shape index (κ3) is 2.21. The third-order valence-electron chi connectivity index (χ3n) is 2.41. The molecule has 1 nitrogen and oxygen atoms in total. The van der Waals surface area contributed by atoms with Gasteiger partial charge in [0.25, 0.3) is 0 Å². The molecule has 0 N–H and O–H groups in total. The van der Waals surface area contributed by atoms with Crippen LogP contribution in [-0.2, 0) is 4.74 Å². The van der Waals surface area contributed by atoms with Crippen molar-refractivity contribution in [3.63, 3.8) is 0 Å². The average molecular weight is 166 g/mol. The van der Waals surface area contributed by atoms with Crippen LogP contribution < -0.4 is 0 Å². The minimum absolute atomic E-state index is 0.259. The third-order valence-corrected chi connectivity index (χ3v) is 2.41. The van der Waals surface area contributed by atoms with Gasteiger partial charge in [0.15, 0.2) is 0 Å². The topological polar surface area (TPSA) is 9.23 Å². The Hall–Kier alpha value is -0.560. The van der Waals surface area contributed by atoms with Gasteiger partial charge in [0, 0.05) is 7.11 Å². The lowest BCUT2D eigenvalue weighted by atomic mass is 9.86. The highest BCUT2D eigenvalue weighted by molar-refractivity contribution is 5.20. The minimum Gasteiger partial charge on any atom is -0.377 e. The maximum Gasteiger partial charge on any atom is 0.0789 e. The zero-order valence-electron chi connectivity index (χ0n) is 8.42. The van der Waals surface area contributed by atoms with Gasteiger partial charge in [0.2, 0.25) is 0 Å². The van der Waals surface area contributed by atoms with Gasteiger partial charge < -0.3 is 4.74 Å². The second-order valence-corrected chi connectivity index (χ2v) is 4.19. The molecule has 0 amide bonds. The maximum absolute atomic E-state index is 5.41. The van der Waals surface area contributed by atoms with Gasteiger partial charge >= 0.3 is 0 Å². The highest BCUT2D eigenvalue weighted by Crippen LogP contribution is 2.30. The van der Waals surface area contributed by atoms with E-state index in [4.69, 9.17) is 4.74 Å². The number of methoxy groups -OCH3 is 1. The van der Waals surface area contributed by atoms with E-state index in [0.29, 0.717) is 0 Å². The van der Waals surface area contributed by atoms with Gasteiger partial charge in [-0.15, -0.1) is 0 Å². The molecule has 0 saturated heterocycles. The average Bonchev–Trinajstić information content (AvgIpc) is 2.10. The molecule has 0 heterocycles. The van der Waals surface area contributed by atoms with Crippen molar-refractivity contribution in [2.75, 3.05) is 7.11 Å². The summed E-state index contributed by atoms with van der Waals surface area (Å²) in [5, 5.41) is 0. The fourth-order valence-corrected chi connectivity index (χ4v) is 1.54. The van der Waals surface area contributed by atoms with Gasteiger partial charge in [-0.05, 0) is 24.3 Å². The quantitative estimate of drug-likeness (QED) is 0.582. The molecule has 1 rings (SSSR count). The van der Waals surface area contributed by atoms with Crippen molar-refractivity contribution >= 4 is 0 Å². The molecule has 0 aliphatic heterocycles. The predicted molar refractivity (Wildman–Crippen MR) is 52.1 cm³/mol. The summed E-state index contributed by atoms with van der Waals surface area (Å²) in [4.78, 5) is 0. The second kappa shape index (κ2) is 3.44. The Balaban J connectivity index is 2.79. The van der Waals surface area contributed by atoms with Crippen LogP contribution in [0.2, 0.25) is 0 Å². The summed E-state index contributed by atoms with van der Waals surface area (Å²) < 4.78 is 5.41. The summed E-state index contributed by atoms with van der Waals surface area (Å²) in [6, 6.07) is 0. The molecule has 0 spiro atoms. The van der Waals surface area contributed by atoms with E-state index in [-0.39, 0.29) is 11.5 Å². The van der Waals surface area contributed by atoms with Crippen molar-refractivity contribution < 1.29 is 4.74 Å². The molecule has 0 aromatic carbocycles. The van der Waals surface area contributed by atoms with E-state index in [2.05, 4.69) is 39.0 Å². The molecule has 1 atom stereocenters. The molecule has 1 unspecified atom stereocenters. The van der Waals surface area contributed by atoms with Gasteiger partial charge in [-0.1, -0.05) is 32.1 Å². The van der Waals surface area contributed by atoms with Crippen LogP contribution in [0.3, 0.4) is 0 Å². The monoisotopic (exact) mass is 166 g/mol. The maximum atomic E-state index is 5.41. The summed E-state index contributed by atoms with van der Waals surface area (Å²) in [6.45, 7) is 6.60. The SMILES string of the molecule is COC1CC(C)(C)C=CC=C1C. The molecule has 0 saturated carbocycles. The van der Waals surface area contributed by atoms with Crippen LogP contribution in [0.4, 0.5) is 0 Å². The minimum atomic E-state index is 0.259. The smallest absolute Gasteiger partial charge is 0.0789 e. The van der Waals surface area contributed by atoms with Crippen molar-refractivity contribution in [2.45, 2.75) is 33.3 Å². The molecular formula is C11H18O. The zero-order chi connectivity index (χ0) is 9.19. The van der Waals surface area contributed by atoms with E-state index in [0.717, 1.165) is 6.42 Å². The molecule has 1 aliphatic carbocycles. The van der Waals surface area contributed by atoms with E-state index in [1.165, 1.54) is 5.57 Å². The van der Waals surface area contributed by atoms with Crippen LogP contribution in [0.15, 0.2) is 23.8 Å². The molecule has 0 fully saturated rings. The Bertz CT molecular complexity index is 211.